The highest BCUT2D eigenvalue weighted by atomic mass is 32.2. The molecule has 0 radical (unpaired) electrons. The summed E-state index contributed by atoms with van der Waals surface area (Å²) in [4.78, 5) is 24.8. The molecule has 1 aliphatic heterocycles. The van der Waals surface area contributed by atoms with Gasteiger partial charge in [0, 0.05) is 12.8 Å². The Morgan fingerprint density at radius 3 is 1.74 bits per heavy atom. The highest BCUT2D eigenvalue weighted by molar-refractivity contribution is 7.85. The lowest BCUT2D eigenvalue weighted by Gasteiger charge is -2.40. The van der Waals surface area contributed by atoms with Gasteiger partial charge in [0.15, 0.2) is 12.4 Å². The van der Waals surface area contributed by atoms with Gasteiger partial charge in [-0.2, -0.15) is 8.42 Å². The quantitative estimate of drug-likeness (QED) is 0.0696. The fourth-order valence-corrected chi connectivity index (χ4v) is 5.36. The minimum Gasteiger partial charge on any atom is -0.462 e. The van der Waals surface area contributed by atoms with Gasteiger partial charge in [-0.3, -0.25) is 14.1 Å². The standard InChI is InChI=1S/C29H54O12S/c1-3-5-7-9-11-13-15-17-24(30)38-19-22(40-25(31)18-16-14-12-10-8-6-4-2)20-39-29-28(34)27(33)26(32)23(41-29)21-42(35,36)37/h22-23,26-29,32-34H,3-21H2,1-2H3,(H,35,36,37)/t22-,23+,26+,27-,28+,29-/m0/s1. The van der Waals surface area contributed by atoms with E-state index in [1.165, 1.54) is 25.7 Å². The van der Waals surface area contributed by atoms with Gasteiger partial charge in [-0.25, -0.2) is 0 Å². The van der Waals surface area contributed by atoms with Crippen molar-refractivity contribution in [2.75, 3.05) is 19.0 Å². The van der Waals surface area contributed by atoms with E-state index in [-0.39, 0.29) is 19.4 Å². The van der Waals surface area contributed by atoms with E-state index >= 15 is 0 Å². The van der Waals surface area contributed by atoms with Crippen LogP contribution in [0.15, 0.2) is 0 Å². The van der Waals surface area contributed by atoms with Gasteiger partial charge in [0.25, 0.3) is 10.1 Å². The first-order chi connectivity index (χ1) is 20.0. The van der Waals surface area contributed by atoms with Crippen LogP contribution >= 0.6 is 0 Å². The van der Waals surface area contributed by atoms with Crippen LogP contribution < -0.4 is 0 Å². The third-order valence-electron chi connectivity index (χ3n) is 7.19. The van der Waals surface area contributed by atoms with Crippen LogP contribution in [0.5, 0.6) is 0 Å². The number of hydrogen-bond donors (Lipinski definition) is 4. The molecule has 6 atom stereocenters. The van der Waals surface area contributed by atoms with E-state index in [1.54, 1.807) is 0 Å². The fourth-order valence-electron chi connectivity index (χ4n) is 4.67. The van der Waals surface area contributed by atoms with E-state index in [0.29, 0.717) is 12.8 Å². The molecule has 248 valence electrons. The molecule has 0 aromatic rings. The molecule has 4 N–H and O–H groups in total. The van der Waals surface area contributed by atoms with Crippen LogP contribution in [0.3, 0.4) is 0 Å². The third-order valence-corrected chi connectivity index (χ3v) is 7.94. The van der Waals surface area contributed by atoms with Gasteiger partial charge in [-0.15, -0.1) is 0 Å². The summed E-state index contributed by atoms with van der Waals surface area (Å²) in [6.07, 6.45) is 5.22. The normalized spacial score (nSPS) is 23.4. The highest BCUT2D eigenvalue weighted by Gasteiger charge is 2.46. The van der Waals surface area contributed by atoms with E-state index in [0.717, 1.165) is 51.4 Å². The van der Waals surface area contributed by atoms with Gasteiger partial charge in [0.05, 0.1) is 6.61 Å². The number of carbonyl (C=O) groups excluding carboxylic acids is 2. The molecule has 42 heavy (non-hydrogen) atoms. The summed E-state index contributed by atoms with van der Waals surface area (Å²) < 4.78 is 53.3. The van der Waals surface area contributed by atoms with Crippen LogP contribution in [0.4, 0.5) is 0 Å². The number of carbonyl (C=O) groups is 2. The summed E-state index contributed by atoms with van der Waals surface area (Å²) in [7, 11) is -4.58. The van der Waals surface area contributed by atoms with E-state index < -0.39 is 71.2 Å². The molecule has 0 aromatic heterocycles. The van der Waals surface area contributed by atoms with Gasteiger partial charge in [0.1, 0.15) is 36.8 Å². The van der Waals surface area contributed by atoms with Crippen LogP contribution in [0.1, 0.15) is 117 Å². The molecule has 0 aliphatic carbocycles. The number of rotatable bonds is 24. The number of esters is 2. The summed E-state index contributed by atoms with van der Waals surface area (Å²) in [6.45, 7) is 3.59. The molecule has 12 nitrogen and oxygen atoms in total. The zero-order valence-corrected chi connectivity index (χ0v) is 26.2. The van der Waals surface area contributed by atoms with Crippen LogP contribution in [-0.2, 0) is 38.7 Å². The maximum Gasteiger partial charge on any atom is 0.306 e. The maximum atomic E-state index is 12.5. The van der Waals surface area contributed by atoms with Crippen LogP contribution in [-0.4, -0.2) is 96.0 Å². The first-order valence-electron chi connectivity index (χ1n) is 15.6. The predicted molar refractivity (Wildman–Crippen MR) is 155 cm³/mol. The van der Waals surface area contributed by atoms with Gasteiger partial charge in [0.2, 0.25) is 0 Å². The third kappa shape index (κ3) is 17.7. The lowest BCUT2D eigenvalue weighted by Crippen LogP contribution is -2.60. The largest absolute Gasteiger partial charge is 0.462 e. The Kier molecular flexibility index (Phi) is 20.4. The van der Waals surface area contributed by atoms with Crippen molar-refractivity contribution < 1.29 is 56.8 Å². The average Bonchev–Trinajstić information content (AvgIpc) is 2.93. The van der Waals surface area contributed by atoms with E-state index in [4.69, 9.17) is 23.5 Å². The second kappa shape index (κ2) is 22.2. The second-order valence-electron chi connectivity index (χ2n) is 11.1. The van der Waals surface area contributed by atoms with Crippen molar-refractivity contribution in [3.8, 4) is 0 Å². The molecular formula is C29H54O12S. The Hall–Kier alpha value is -1.35. The molecule has 1 aliphatic rings. The SMILES string of the molecule is CCCCCCCCCC(=O)OC[C@@H](CO[C@H]1O[C@H](CS(=O)(=O)O)[C@@H](O)[C@H](O)[C@H]1O)OC(=O)CCCCCCCCC. The van der Waals surface area contributed by atoms with Crippen molar-refractivity contribution in [2.24, 2.45) is 0 Å². The van der Waals surface area contributed by atoms with Gasteiger partial charge >= 0.3 is 11.9 Å². The van der Waals surface area contributed by atoms with Crippen molar-refractivity contribution in [3.63, 3.8) is 0 Å². The minimum absolute atomic E-state index is 0.167. The maximum absolute atomic E-state index is 12.5. The Balaban J connectivity index is 2.64. The molecule has 0 saturated carbocycles. The molecule has 0 amide bonds. The predicted octanol–water partition coefficient (Wildman–Crippen LogP) is 3.43. The molecule has 0 spiro atoms. The second-order valence-corrected chi connectivity index (χ2v) is 12.6. The van der Waals surface area contributed by atoms with Gasteiger partial charge in [-0.1, -0.05) is 90.9 Å². The van der Waals surface area contributed by atoms with Crippen LogP contribution in [0.2, 0.25) is 0 Å². The van der Waals surface area contributed by atoms with Crippen molar-refractivity contribution in [1.29, 1.82) is 0 Å². The number of unbranched alkanes of at least 4 members (excludes halogenated alkanes) is 12. The van der Waals surface area contributed by atoms with Gasteiger partial charge in [-0.05, 0) is 12.8 Å². The molecule has 1 heterocycles. The summed E-state index contributed by atoms with van der Waals surface area (Å²) in [5.74, 6) is -1.99. The Morgan fingerprint density at radius 1 is 0.714 bits per heavy atom. The summed E-state index contributed by atoms with van der Waals surface area (Å²) >= 11 is 0. The van der Waals surface area contributed by atoms with Crippen molar-refractivity contribution in [2.45, 2.75) is 153 Å². The summed E-state index contributed by atoms with van der Waals surface area (Å²) in [5.41, 5.74) is 0. The zero-order valence-electron chi connectivity index (χ0n) is 25.4. The van der Waals surface area contributed by atoms with Crippen molar-refractivity contribution in [1.82, 2.24) is 0 Å². The molecule has 0 aromatic carbocycles. The monoisotopic (exact) mass is 626 g/mol. The highest BCUT2D eigenvalue weighted by Crippen LogP contribution is 2.23. The van der Waals surface area contributed by atoms with E-state index in [2.05, 4.69) is 13.8 Å². The summed E-state index contributed by atoms with van der Waals surface area (Å²) in [5, 5.41) is 30.5. The number of aliphatic hydroxyl groups is 3. The molecular weight excluding hydrogens is 572 g/mol. The molecule has 0 unspecified atom stereocenters. The lowest BCUT2D eigenvalue weighted by atomic mass is 10.00. The number of aliphatic hydroxyl groups excluding tert-OH is 3. The first kappa shape index (κ1) is 38.7. The molecule has 1 rings (SSSR count). The number of hydrogen-bond acceptors (Lipinski definition) is 11. The zero-order chi connectivity index (χ0) is 31.4. The van der Waals surface area contributed by atoms with Crippen molar-refractivity contribution >= 4 is 22.1 Å². The van der Waals surface area contributed by atoms with Gasteiger partial charge < -0.3 is 34.3 Å². The van der Waals surface area contributed by atoms with E-state index in [9.17, 15) is 33.3 Å². The molecule has 1 fully saturated rings. The lowest BCUT2D eigenvalue weighted by molar-refractivity contribution is -0.297. The number of ether oxygens (including phenoxy) is 4. The van der Waals surface area contributed by atoms with E-state index in [1.807, 2.05) is 0 Å². The molecule has 0 bridgehead atoms. The first-order valence-corrected chi connectivity index (χ1v) is 17.2. The summed E-state index contributed by atoms with van der Waals surface area (Å²) in [6, 6.07) is 0. The Labute approximate surface area is 251 Å². The average molecular weight is 627 g/mol. The van der Waals surface area contributed by atoms with Crippen molar-refractivity contribution in [3.05, 3.63) is 0 Å². The van der Waals surface area contributed by atoms with Crippen LogP contribution in [0, 0.1) is 0 Å². The topological polar surface area (TPSA) is 186 Å². The molecule has 13 heteroatoms. The molecule has 1 saturated heterocycles. The Morgan fingerprint density at radius 2 is 1.21 bits per heavy atom. The Bertz CT molecular complexity index is 836. The van der Waals surface area contributed by atoms with Crippen LogP contribution in [0.25, 0.3) is 0 Å². The fraction of sp³-hybridized carbons (Fsp3) is 0.931. The minimum atomic E-state index is -4.58. The smallest absolute Gasteiger partial charge is 0.306 e.